The summed E-state index contributed by atoms with van der Waals surface area (Å²) >= 11 is 5.86. The van der Waals surface area contributed by atoms with Gasteiger partial charge >= 0.3 is 5.97 Å². The first-order chi connectivity index (χ1) is 9.16. The van der Waals surface area contributed by atoms with Crippen molar-refractivity contribution >= 4 is 28.7 Å². The molecule has 2 heterocycles. The summed E-state index contributed by atoms with van der Waals surface area (Å²) < 4.78 is 0. The minimum atomic E-state index is -1.11. The van der Waals surface area contributed by atoms with Crippen molar-refractivity contribution in [3.8, 4) is 11.4 Å². The van der Waals surface area contributed by atoms with Crippen molar-refractivity contribution in [2.24, 2.45) is 0 Å². The molecular weight excluding hydrogens is 266 g/mol. The Morgan fingerprint density at radius 3 is 2.68 bits per heavy atom. The Morgan fingerprint density at radius 2 is 2.00 bits per heavy atom. The first kappa shape index (κ1) is 11.7. The molecule has 5 nitrogen and oxygen atoms in total. The van der Waals surface area contributed by atoms with Crippen LogP contribution in [0.15, 0.2) is 36.5 Å². The number of aromatic carboxylic acids is 1. The zero-order valence-corrected chi connectivity index (χ0v) is 10.3. The van der Waals surface area contributed by atoms with Crippen LogP contribution in [0.2, 0.25) is 5.02 Å². The van der Waals surface area contributed by atoms with Gasteiger partial charge in [0.25, 0.3) is 0 Å². The fourth-order valence-electron chi connectivity index (χ4n) is 1.88. The summed E-state index contributed by atoms with van der Waals surface area (Å²) in [4.78, 5) is 22.5. The van der Waals surface area contributed by atoms with Gasteiger partial charge in [-0.05, 0) is 0 Å². The van der Waals surface area contributed by atoms with Gasteiger partial charge in [0.05, 0.1) is 5.02 Å². The molecule has 0 unspecified atom stereocenters. The van der Waals surface area contributed by atoms with Crippen LogP contribution in [-0.2, 0) is 0 Å². The number of fused-ring (bicyclic) bond motifs is 1. The van der Waals surface area contributed by atoms with Crippen LogP contribution in [-0.4, -0.2) is 26.0 Å². The molecule has 0 aliphatic heterocycles. The number of H-pyrrole nitrogens is 1. The van der Waals surface area contributed by atoms with Gasteiger partial charge in [0.15, 0.2) is 5.65 Å². The zero-order valence-electron chi connectivity index (χ0n) is 9.59. The number of rotatable bonds is 2. The molecule has 94 valence electrons. The standard InChI is InChI=1S/C13H8ClN3O2/c14-8-6-15-12-10(9(8)13(18)19)16-11(17-12)7-4-2-1-3-5-7/h1-6H,(H,18,19)(H,15,16,17). The molecule has 0 bridgehead atoms. The van der Waals surface area contributed by atoms with Gasteiger partial charge in [0, 0.05) is 11.8 Å². The summed E-state index contributed by atoms with van der Waals surface area (Å²) in [6.45, 7) is 0. The van der Waals surface area contributed by atoms with Crippen LogP contribution >= 0.6 is 11.6 Å². The molecule has 0 spiro atoms. The number of aromatic amines is 1. The second kappa shape index (κ2) is 4.37. The van der Waals surface area contributed by atoms with Crippen LogP contribution < -0.4 is 0 Å². The smallest absolute Gasteiger partial charge is 0.339 e. The van der Waals surface area contributed by atoms with Gasteiger partial charge in [-0.15, -0.1) is 0 Å². The molecule has 0 amide bonds. The minimum Gasteiger partial charge on any atom is -0.478 e. The lowest BCUT2D eigenvalue weighted by atomic mass is 10.2. The third-order valence-electron chi connectivity index (χ3n) is 2.73. The lowest BCUT2D eigenvalue weighted by Gasteiger charge is -1.98. The lowest BCUT2D eigenvalue weighted by Crippen LogP contribution is -1.99. The molecule has 3 rings (SSSR count). The van der Waals surface area contributed by atoms with E-state index in [-0.39, 0.29) is 10.6 Å². The molecule has 0 saturated heterocycles. The highest BCUT2D eigenvalue weighted by Gasteiger charge is 2.18. The highest BCUT2D eigenvalue weighted by molar-refractivity contribution is 6.34. The number of pyridine rings is 1. The average Bonchev–Trinajstić information content (AvgIpc) is 2.83. The number of carboxylic acid groups (broad SMARTS) is 1. The van der Waals surface area contributed by atoms with Crippen molar-refractivity contribution in [1.29, 1.82) is 0 Å². The van der Waals surface area contributed by atoms with E-state index < -0.39 is 5.97 Å². The number of hydrogen-bond donors (Lipinski definition) is 2. The van der Waals surface area contributed by atoms with Crippen molar-refractivity contribution in [3.63, 3.8) is 0 Å². The van der Waals surface area contributed by atoms with E-state index in [0.717, 1.165) is 5.56 Å². The molecule has 3 aromatic rings. The number of hydrogen-bond acceptors (Lipinski definition) is 3. The number of nitrogens with one attached hydrogen (secondary N) is 1. The molecular formula is C13H8ClN3O2. The van der Waals surface area contributed by atoms with Crippen LogP contribution in [0.4, 0.5) is 0 Å². The third-order valence-corrected chi connectivity index (χ3v) is 3.02. The van der Waals surface area contributed by atoms with Crippen molar-refractivity contribution in [3.05, 3.63) is 47.1 Å². The second-order valence-corrected chi connectivity index (χ2v) is 4.34. The van der Waals surface area contributed by atoms with Gasteiger partial charge in [-0.25, -0.2) is 14.8 Å². The van der Waals surface area contributed by atoms with Gasteiger partial charge in [0.1, 0.15) is 16.9 Å². The average molecular weight is 274 g/mol. The highest BCUT2D eigenvalue weighted by Crippen LogP contribution is 2.25. The number of carbonyl (C=O) groups is 1. The maximum atomic E-state index is 11.2. The molecule has 1 aromatic carbocycles. The summed E-state index contributed by atoms with van der Waals surface area (Å²) in [6.07, 6.45) is 1.29. The number of halogens is 1. The zero-order chi connectivity index (χ0) is 13.4. The predicted octanol–water partition coefficient (Wildman–Crippen LogP) is 2.98. The maximum absolute atomic E-state index is 11.2. The van der Waals surface area contributed by atoms with Crippen molar-refractivity contribution < 1.29 is 9.90 Å². The van der Waals surface area contributed by atoms with Crippen molar-refractivity contribution in [2.75, 3.05) is 0 Å². The van der Waals surface area contributed by atoms with E-state index in [4.69, 9.17) is 11.6 Å². The first-order valence-electron chi connectivity index (χ1n) is 5.50. The number of imidazole rings is 1. The molecule has 2 N–H and O–H groups in total. The first-order valence-corrected chi connectivity index (χ1v) is 5.87. The molecule has 0 saturated carbocycles. The second-order valence-electron chi connectivity index (χ2n) is 3.94. The van der Waals surface area contributed by atoms with Crippen molar-refractivity contribution in [1.82, 2.24) is 15.0 Å². The van der Waals surface area contributed by atoms with Crippen LogP contribution in [0.3, 0.4) is 0 Å². The topological polar surface area (TPSA) is 78.9 Å². The Labute approximate surface area is 112 Å². The highest BCUT2D eigenvalue weighted by atomic mass is 35.5. The van der Waals surface area contributed by atoms with Gasteiger partial charge in [-0.2, -0.15) is 0 Å². The van der Waals surface area contributed by atoms with E-state index >= 15 is 0 Å². The van der Waals surface area contributed by atoms with E-state index in [2.05, 4.69) is 15.0 Å². The van der Waals surface area contributed by atoms with Crippen LogP contribution in [0.5, 0.6) is 0 Å². The molecule has 2 aromatic heterocycles. The van der Waals surface area contributed by atoms with Gasteiger partial charge in [-0.1, -0.05) is 41.9 Å². The number of aromatic nitrogens is 3. The van der Waals surface area contributed by atoms with Crippen molar-refractivity contribution in [2.45, 2.75) is 0 Å². The summed E-state index contributed by atoms with van der Waals surface area (Å²) in [5.41, 5.74) is 1.51. The number of carboxylic acids is 1. The van der Waals surface area contributed by atoms with E-state index in [1.165, 1.54) is 6.20 Å². The van der Waals surface area contributed by atoms with E-state index in [0.29, 0.717) is 17.0 Å². The predicted molar refractivity (Wildman–Crippen MR) is 71.3 cm³/mol. The normalized spacial score (nSPS) is 10.8. The summed E-state index contributed by atoms with van der Waals surface area (Å²) in [6, 6.07) is 9.39. The van der Waals surface area contributed by atoms with E-state index in [1.54, 1.807) is 0 Å². The minimum absolute atomic E-state index is 0.0126. The SMILES string of the molecule is O=C(O)c1c(Cl)cnc2nc(-c3ccccc3)[nH]c12. The van der Waals surface area contributed by atoms with Crippen LogP contribution in [0.25, 0.3) is 22.6 Å². The molecule has 19 heavy (non-hydrogen) atoms. The third kappa shape index (κ3) is 1.94. The van der Waals surface area contributed by atoms with Gasteiger partial charge in [0.2, 0.25) is 0 Å². The summed E-state index contributed by atoms with van der Waals surface area (Å²) in [7, 11) is 0. The Balaban J connectivity index is 2.27. The maximum Gasteiger partial charge on any atom is 0.339 e. The summed E-state index contributed by atoms with van der Waals surface area (Å²) in [5, 5.41) is 9.27. The number of nitrogens with zero attached hydrogens (tertiary/aromatic N) is 2. The lowest BCUT2D eigenvalue weighted by molar-refractivity contribution is 0.0699. The van der Waals surface area contributed by atoms with Gasteiger partial charge in [-0.3, -0.25) is 0 Å². The fraction of sp³-hybridized carbons (Fsp3) is 0. The summed E-state index contributed by atoms with van der Waals surface area (Å²) in [5.74, 6) is -0.548. The van der Waals surface area contributed by atoms with E-state index in [9.17, 15) is 9.90 Å². The quantitative estimate of drug-likeness (QED) is 0.752. The Morgan fingerprint density at radius 1 is 1.26 bits per heavy atom. The largest absolute Gasteiger partial charge is 0.478 e. The molecule has 0 aliphatic rings. The Hall–Kier alpha value is -2.40. The molecule has 0 radical (unpaired) electrons. The number of benzene rings is 1. The van der Waals surface area contributed by atoms with Crippen LogP contribution in [0.1, 0.15) is 10.4 Å². The molecule has 6 heteroatoms. The van der Waals surface area contributed by atoms with Crippen LogP contribution in [0, 0.1) is 0 Å². The van der Waals surface area contributed by atoms with Gasteiger partial charge < -0.3 is 10.1 Å². The Bertz CT molecular complexity index is 768. The molecule has 0 fully saturated rings. The fourth-order valence-corrected chi connectivity index (χ4v) is 2.10. The van der Waals surface area contributed by atoms with E-state index in [1.807, 2.05) is 30.3 Å². The molecule has 0 atom stereocenters. The molecule has 0 aliphatic carbocycles. The monoisotopic (exact) mass is 273 g/mol. The Kier molecular flexibility index (Phi) is 2.68.